The highest BCUT2D eigenvalue weighted by molar-refractivity contribution is 6.26. The Morgan fingerprint density at radius 3 is 2.67 bits per heavy atom. The fraction of sp³-hybridized carbons (Fsp3) is 0.286. The van der Waals surface area contributed by atoms with Crippen LogP contribution in [0.2, 0.25) is 0 Å². The number of amidine groups is 1. The average molecular weight is 362 g/mol. The van der Waals surface area contributed by atoms with Gasteiger partial charge in [0.05, 0.1) is 17.8 Å². The lowest BCUT2D eigenvalue weighted by Crippen LogP contribution is -2.45. The van der Waals surface area contributed by atoms with E-state index in [0.29, 0.717) is 24.5 Å². The molecule has 0 atom stereocenters. The summed E-state index contributed by atoms with van der Waals surface area (Å²) in [5.41, 5.74) is 2.28. The number of hydrogen-bond donors (Lipinski definition) is 1. The first-order chi connectivity index (χ1) is 13.0. The van der Waals surface area contributed by atoms with Crippen LogP contribution in [0, 0.1) is 0 Å². The Kier molecular flexibility index (Phi) is 4.49. The number of amides is 1. The number of aliphatic imine (C=N–C) groups is 1. The number of nitrogens with zero attached hydrogens (tertiary/aromatic N) is 3. The van der Waals surface area contributed by atoms with Gasteiger partial charge in [-0.3, -0.25) is 9.59 Å². The van der Waals surface area contributed by atoms with Crippen LogP contribution in [0.15, 0.2) is 53.0 Å². The van der Waals surface area contributed by atoms with Gasteiger partial charge in [0.25, 0.3) is 5.91 Å². The first-order valence-electron chi connectivity index (χ1n) is 9.04. The van der Waals surface area contributed by atoms with Gasteiger partial charge in [0.2, 0.25) is 0 Å². The zero-order valence-electron chi connectivity index (χ0n) is 15.5. The number of likely N-dealkylation sites (N-methyl/N-ethyl adjacent to an activating group) is 1. The van der Waals surface area contributed by atoms with E-state index in [1.54, 1.807) is 0 Å². The Labute approximate surface area is 158 Å². The summed E-state index contributed by atoms with van der Waals surface area (Å²) in [5.74, 6) is 0.258. The molecule has 0 saturated carbocycles. The molecule has 0 aliphatic carbocycles. The second-order valence-corrected chi connectivity index (χ2v) is 7.20. The van der Waals surface area contributed by atoms with Gasteiger partial charge >= 0.3 is 0 Å². The molecule has 6 nitrogen and oxygen atoms in total. The van der Waals surface area contributed by atoms with Crippen LogP contribution in [0.4, 0.5) is 5.69 Å². The summed E-state index contributed by atoms with van der Waals surface area (Å²) < 4.78 is 0. The Balaban J connectivity index is 1.68. The van der Waals surface area contributed by atoms with Crippen molar-refractivity contribution in [2.45, 2.75) is 6.54 Å². The second-order valence-electron chi connectivity index (χ2n) is 7.20. The van der Waals surface area contributed by atoms with Gasteiger partial charge < -0.3 is 15.1 Å². The van der Waals surface area contributed by atoms with Crippen molar-refractivity contribution in [1.29, 1.82) is 0 Å². The second kappa shape index (κ2) is 6.96. The molecule has 0 unspecified atom stereocenters. The highest BCUT2D eigenvalue weighted by atomic mass is 16.2. The molecule has 2 aromatic rings. The average Bonchev–Trinajstić information content (AvgIpc) is 2.63. The molecule has 6 heteroatoms. The lowest BCUT2D eigenvalue weighted by atomic mass is 9.99. The van der Waals surface area contributed by atoms with Gasteiger partial charge in [-0.15, -0.1) is 0 Å². The van der Waals surface area contributed by atoms with Crippen molar-refractivity contribution in [3.63, 3.8) is 0 Å². The number of carbonyl (C=O) groups excluding carboxylic acids is 2. The van der Waals surface area contributed by atoms with Crippen LogP contribution in [0.1, 0.15) is 5.56 Å². The summed E-state index contributed by atoms with van der Waals surface area (Å²) in [4.78, 5) is 33.5. The van der Waals surface area contributed by atoms with E-state index in [1.807, 2.05) is 42.1 Å². The Morgan fingerprint density at radius 1 is 1.19 bits per heavy atom. The van der Waals surface area contributed by atoms with Gasteiger partial charge in [-0.25, -0.2) is 4.99 Å². The zero-order chi connectivity index (χ0) is 19.0. The standard InChI is InChI=1S/C21H22N4O2/c1-24(2)8-7-22-21(27)18-11-17(26)13-25-12-16-9-14-5-3-4-6-15(14)10-19(16)23-20(18)25/h3-6,9-11H,7-8,12-13H2,1-2H3,(H,22,27). The zero-order valence-corrected chi connectivity index (χ0v) is 15.5. The van der Waals surface area contributed by atoms with Crippen molar-refractivity contribution in [1.82, 2.24) is 15.1 Å². The fourth-order valence-electron chi connectivity index (χ4n) is 3.45. The van der Waals surface area contributed by atoms with Crippen LogP contribution in [0.25, 0.3) is 10.8 Å². The number of hydrogen-bond acceptors (Lipinski definition) is 5. The molecule has 2 aromatic carbocycles. The molecular formula is C21H22N4O2. The molecule has 138 valence electrons. The maximum Gasteiger partial charge on any atom is 0.255 e. The monoisotopic (exact) mass is 362 g/mol. The molecule has 1 amide bonds. The quantitative estimate of drug-likeness (QED) is 0.902. The highest BCUT2D eigenvalue weighted by Gasteiger charge is 2.31. The summed E-state index contributed by atoms with van der Waals surface area (Å²) in [7, 11) is 3.90. The van der Waals surface area contributed by atoms with Crippen molar-refractivity contribution in [2.75, 3.05) is 33.7 Å². The summed E-state index contributed by atoms with van der Waals surface area (Å²) in [6, 6.07) is 12.3. The van der Waals surface area contributed by atoms with E-state index in [-0.39, 0.29) is 18.2 Å². The van der Waals surface area contributed by atoms with Crippen LogP contribution in [-0.4, -0.2) is 61.1 Å². The SMILES string of the molecule is CN(C)CCNC(=O)C1=CC(=O)CN2Cc3cc4ccccc4cc3N=C12. The summed E-state index contributed by atoms with van der Waals surface area (Å²) in [5, 5.41) is 5.14. The number of rotatable bonds is 4. The number of carbonyl (C=O) groups is 2. The molecule has 4 rings (SSSR count). The van der Waals surface area contributed by atoms with Crippen molar-refractivity contribution in [3.8, 4) is 0 Å². The lowest BCUT2D eigenvalue weighted by molar-refractivity contribution is -0.119. The predicted octanol–water partition coefficient (Wildman–Crippen LogP) is 1.87. The van der Waals surface area contributed by atoms with Crippen molar-refractivity contribution in [3.05, 3.63) is 53.6 Å². The molecule has 0 fully saturated rings. The molecule has 2 aliphatic rings. The van der Waals surface area contributed by atoms with Gasteiger partial charge in [-0.1, -0.05) is 24.3 Å². The summed E-state index contributed by atoms with van der Waals surface area (Å²) in [6.45, 7) is 2.08. The fourth-order valence-corrected chi connectivity index (χ4v) is 3.45. The van der Waals surface area contributed by atoms with E-state index < -0.39 is 0 Å². The minimum absolute atomic E-state index is 0.0732. The number of fused-ring (bicyclic) bond motifs is 3. The molecular weight excluding hydrogens is 340 g/mol. The van der Waals surface area contributed by atoms with Gasteiger partial charge in [-0.05, 0) is 48.6 Å². The molecule has 27 heavy (non-hydrogen) atoms. The number of nitrogens with one attached hydrogen (secondary N) is 1. The molecule has 0 aromatic heterocycles. The normalized spacial score (nSPS) is 16.0. The first-order valence-corrected chi connectivity index (χ1v) is 9.04. The van der Waals surface area contributed by atoms with Gasteiger partial charge in [0, 0.05) is 19.6 Å². The molecule has 0 spiro atoms. The smallest absolute Gasteiger partial charge is 0.255 e. The van der Waals surface area contributed by atoms with Crippen LogP contribution >= 0.6 is 0 Å². The first kappa shape index (κ1) is 17.4. The number of benzene rings is 2. The molecule has 0 bridgehead atoms. The van der Waals surface area contributed by atoms with Crippen molar-refractivity contribution < 1.29 is 9.59 Å². The maximum atomic E-state index is 12.6. The van der Waals surface area contributed by atoms with Crippen LogP contribution in [-0.2, 0) is 16.1 Å². The van der Waals surface area contributed by atoms with Gasteiger partial charge in [0.15, 0.2) is 5.78 Å². The van der Waals surface area contributed by atoms with Gasteiger partial charge in [-0.2, -0.15) is 0 Å². The van der Waals surface area contributed by atoms with E-state index >= 15 is 0 Å². The third-order valence-corrected chi connectivity index (χ3v) is 4.82. The molecule has 2 aliphatic heterocycles. The predicted molar refractivity (Wildman–Crippen MR) is 106 cm³/mol. The summed E-state index contributed by atoms with van der Waals surface area (Å²) in [6.07, 6.45) is 1.42. The van der Waals surface area contributed by atoms with E-state index in [4.69, 9.17) is 4.99 Å². The molecule has 0 radical (unpaired) electrons. The highest BCUT2D eigenvalue weighted by Crippen LogP contribution is 2.33. The minimum Gasteiger partial charge on any atom is -0.351 e. The largest absolute Gasteiger partial charge is 0.351 e. The third-order valence-electron chi connectivity index (χ3n) is 4.82. The molecule has 0 saturated heterocycles. The topological polar surface area (TPSA) is 65.0 Å². The van der Waals surface area contributed by atoms with Crippen LogP contribution in [0.5, 0.6) is 0 Å². The molecule has 1 N–H and O–H groups in total. The Bertz CT molecular complexity index is 991. The third kappa shape index (κ3) is 3.48. The van der Waals surface area contributed by atoms with E-state index in [1.165, 1.54) is 6.08 Å². The number of ketones is 1. The van der Waals surface area contributed by atoms with Crippen LogP contribution in [0.3, 0.4) is 0 Å². The maximum absolute atomic E-state index is 12.6. The van der Waals surface area contributed by atoms with Crippen molar-refractivity contribution in [2.24, 2.45) is 4.99 Å². The molecule has 2 heterocycles. The Morgan fingerprint density at radius 2 is 1.93 bits per heavy atom. The van der Waals surface area contributed by atoms with Gasteiger partial charge in [0.1, 0.15) is 5.84 Å². The van der Waals surface area contributed by atoms with Crippen LogP contribution < -0.4 is 5.32 Å². The van der Waals surface area contributed by atoms with E-state index in [9.17, 15) is 9.59 Å². The summed E-state index contributed by atoms with van der Waals surface area (Å²) >= 11 is 0. The van der Waals surface area contributed by atoms with Crippen molar-refractivity contribution >= 4 is 34.0 Å². The lowest BCUT2D eigenvalue weighted by Gasteiger charge is -2.33. The van der Waals surface area contributed by atoms with E-state index in [0.717, 1.165) is 28.6 Å². The minimum atomic E-state index is -0.252. The van der Waals surface area contributed by atoms with E-state index in [2.05, 4.69) is 23.5 Å². The Hall–Kier alpha value is -2.99.